The van der Waals surface area contributed by atoms with Crippen LogP contribution in [0.15, 0.2) is 34.3 Å². The van der Waals surface area contributed by atoms with Crippen LogP contribution in [0.1, 0.15) is 124 Å². The van der Waals surface area contributed by atoms with Gasteiger partial charge in [-0.1, -0.05) is 96.6 Å². The van der Waals surface area contributed by atoms with Crippen molar-refractivity contribution >= 4 is 0 Å². The molecule has 194 valence electrons. The summed E-state index contributed by atoms with van der Waals surface area (Å²) in [6.45, 7) is 32.5. The Labute approximate surface area is 209 Å². The van der Waals surface area contributed by atoms with Gasteiger partial charge in [0.05, 0.1) is 0 Å². The zero-order valence-electron chi connectivity index (χ0n) is 24.7. The zero-order valence-corrected chi connectivity index (χ0v) is 24.7. The lowest BCUT2D eigenvalue weighted by Crippen LogP contribution is -2.40. The molecule has 2 heteroatoms. The molecular formula is C31H60N2. The van der Waals surface area contributed by atoms with Crippen molar-refractivity contribution < 1.29 is 0 Å². The van der Waals surface area contributed by atoms with E-state index in [0.717, 1.165) is 6.42 Å². The van der Waals surface area contributed by atoms with Gasteiger partial charge in [-0.2, -0.15) is 0 Å². The van der Waals surface area contributed by atoms with Gasteiger partial charge in [-0.15, -0.1) is 0 Å². The predicted octanol–water partition coefficient (Wildman–Crippen LogP) is 9.65. The molecule has 1 unspecified atom stereocenters. The summed E-state index contributed by atoms with van der Waals surface area (Å²) in [5, 5.41) is 0. The Balaban J connectivity index is 0.000000602. The number of hydrogen-bond acceptors (Lipinski definition) is 2. The summed E-state index contributed by atoms with van der Waals surface area (Å²) in [6.07, 6.45) is 6.01. The monoisotopic (exact) mass is 460 g/mol. The van der Waals surface area contributed by atoms with Gasteiger partial charge in [0.15, 0.2) is 0 Å². The molecule has 2 rings (SSSR count). The normalized spacial score (nSPS) is 20.8. The molecule has 0 saturated heterocycles. The smallest absolute Gasteiger partial charge is 0.0258 e. The fraction of sp³-hybridized carbons (Fsp3) is 0.806. The maximum absolute atomic E-state index is 2.50. The van der Waals surface area contributed by atoms with Crippen LogP contribution in [-0.4, -0.2) is 29.9 Å². The minimum atomic E-state index is 0. The second-order valence-electron chi connectivity index (χ2n) is 14.3. The summed E-state index contributed by atoms with van der Waals surface area (Å²) in [7, 11) is 4.45. The molecule has 1 atom stereocenters. The highest BCUT2D eigenvalue weighted by Crippen LogP contribution is 2.44. The largest absolute Gasteiger partial charge is 0.375 e. The summed E-state index contributed by atoms with van der Waals surface area (Å²) in [5.74, 6) is 0. The van der Waals surface area contributed by atoms with Gasteiger partial charge < -0.3 is 9.80 Å². The van der Waals surface area contributed by atoms with Gasteiger partial charge >= 0.3 is 0 Å². The highest BCUT2D eigenvalue weighted by molar-refractivity contribution is 5.32. The van der Waals surface area contributed by atoms with Crippen molar-refractivity contribution in [3.63, 3.8) is 0 Å². The van der Waals surface area contributed by atoms with E-state index in [1.807, 2.05) is 0 Å². The molecule has 2 aliphatic rings. The van der Waals surface area contributed by atoms with E-state index in [2.05, 4.69) is 127 Å². The molecule has 0 amide bonds. The molecule has 0 aromatic carbocycles. The number of allylic oxidation sites excluding steroid dienone is 6. The van der Waals surface area contributed by atoms with E-state index in [0.29, 0.717) is 11.5 Å². The molecule has 0 spiro atoms. The first-order chi connectivity index (χ1) is 14.1. The van der Waals surface area contributed by atoms with Crippen molar-refractivity contribution in [3.05, 3.63) is 34.3 Å². The summed E-state index contributed by atoms with van der Waals surface area (Å²) in [6, 6.07) is 0.681. The third kappa shape index (κ3) is 7.93. The van der Waals surface area contributed by atoms with E-state index in [9.17, 15) is 0 Å². The quantitative estimate of drug-likeness (QED) is 0.355. The molecule has 0 aromatic rings. The van der Waals surface area contributed by atoms with E-state index in [1.165, 1.54) is 24.2 Å². The van der Waals surface area contributed by atoms with Gasteiger partial charge in [0, 0.05) is 48.1 Å². The second kappa shape index (κ2) is 10.6. The molecule has 0 fully saturated rings. The Morgan fingerprint density at radius 2 is 1.12 bits per heavy atom. The molecule has 0 aromatic heterocycles. The molecule has 33 heavy (non-hydrogen) atoms. The standard InChI is InChI=1S/C15H29N.C15H27N.CH4/c2*1-11-9-10-12(14(2,3)4)13(16(11)8)15(5,6)7;/h11H,9-10H2,1-8H3;9H,10H2,1-8H3;1H4. The van der Waals surface area contributed by atoms with Gasteiger partial charge in [0.1, 0.15) is 0 Å². The maximum Gasteiger partial charge on any atom is 0.0258 e. The summed E-state index contributed by atoms with van der Waals surface area (Å²) >= 11 is 0. The lowest BCUT2D eigenvalue weighted by Gasteiger charge is -2.45. The second-order valence-corrected chi connectivity index (χ2v) is 14.3. The molecule has 0 radical (unpaired) electrons. The van der Waals surface area contributed by atoms with Crippen molar-refractivity contribution in [2.24, 2.45) is 21.7 Å². The van der Waals surface area contributed by atoms with Gasteiger partial charge in [-0.3, -0.25) is 0 Å². The third-order valence-corrected chi connectivity index (χ3v) is 7.10. The third-order valence-electron chi connectivity index (χ3n) is 7.10. The number of rotatable bonds is 0. The number of hydrogen-bond donors (Lipinski definition) is 0. The summed E-state index contributed by atoms with van der Waals surface area (Å²) in [4.78, 5) is 4.87. The summed E-state index contributed by atoms with van der Waals surface area (Å²) < 4.78 is 0. The Morgan fingerprint density at radius 3 is 1.48 bits per heavy atom. The summed E-state index contributed by atoms with van der Waals surface area (Å²) in [5.41, 5.74) is 8.70. The highest BCUT2D eigenvalue weighted by Gasteiger charge is 2.35. The van der Waals surface area contributed by atoms with Gasteiger partial charge in [0.2, 0.25) is 0 Å². The van der Waals surface area contributed by atoms with Crippen LogP contribution in [0.2, 0.25) is 0 Å². The van der Waals surface area contributed by atoms with Crippen LogP contribution in [0, 0.1) is 21.7 Å². The first kappa shape index (κ1) is 31.8. The Kier molecular flexibility index (Phi) is 10.2. The van der Waals surface area contributed by atoms with Crippen LogP contribution in [0.3, 0.4) is 0 Å². The molecule has 0 bridgehead atoms. The van der Waals surface area contributed by atoms with Crippen LogP contribution < -0.4 is 0 Å². The van der Waals surface area contributed by atoms with Gasteiger partial charge in [0.25, 0.3) is 0 Å². The fourth-order valence-corrected chi connectivity index (χ4v) is 5.29. The lowest BCUT2D eigenvalue weighted by atomic mass is 9.73. The Morgan fingerprint density at radius 1 is 0.697 bits per heavy atom. The average Bonchev–Trinajstić information content (AvgIpc) is 2.55. The molecule has 2 nitrogen and oxygen atoms in total. The van der Waals surface area contributed by atoms with E-state index >= 15 is 0 Å². The predicted molar refractivity (Wildman–Crippen MR) is 151 cm³/mol. The van der Waals surface area contributed by atoms with E-state index < -0.39 is 0 Å². The van der Waals surface area contributed by atoms with Crippen LogP contribution in [0.25, 0.3) is 0 Å². The molecule has 2 aliphatic heterocycles. The minimum Gasteiger partial charge on any atom is -0.375 e. The van der Waals surface area contributed by atoms with Crippen LogP contribution in [0.5, 0.6) is 0 Å². The lowest BCUT2D eigenvalue weighted by molar-refractivity contribution is 0.205. The molecular weight excluding hydrogens is 400 g/mol. The Hall–Kier alpha value is -1.18. The first-order valence-electron chi connectivity index (χ1n) is 12.7. The van der Waals surface area contributed by atoms with Gasteiger partial charge in [-0.25, -0.2) is 0 Å². The molecule has 0 N–H and O–H groups in total. The fourth-order valence-electron chi connectivity index (χ4n) is 5.29. The Bertz CT molecular complexity index is 715. The minimum absolute atomic E-state index is 0. The highest BCUT2D eigenvalue weighted by atomic mass is 15.2. The van der Waals surface area contributed by atoms with Crippen molar-refractivity contribution in [1.82, 2.24) is 9.80 Å². The maximum atomic E-state index is 2.50. The van der Waals surface area contributed by atoms with Crippen LogP contribution in [0.4, 0.5) is 0 Å². The van der Waals surface area contributed by atoms with Crippen LogP contribution >= 0.6 is 0 Å². The SMILES string of the molecule is C.CC1=CCC(C(C)(C)C)=C(C(C)(C)C)N1C.CC1CCC(C(C)(C)C)=C(C(C)(C)C)N1C. The molecule has 0 saturated carbocycles. The van der Waals surface area contributed by atoms with E-state index in [-0.39, 0.29) is 23.7 Å². The first-order valence-corrected chi connectivity index (χ1v) is 12.7. The molecule has 0 aliphatic carbocycles. The topological polar surface area (TPSA) is 6.48 Å². The molecule has 2 heterocycles. The zero-order chi connectivity index (χ0) is 25.4. The van der Waals surface area contributed by atoms with Crippen molar-refractivity contribution in [2.45, 2.75) is 130 Å². The van der Waals surface area contributed by atoms with Gasteiger partial charge in [-0.05, 0) is 55.1 Å². The van der Waals surface area contributed by atoms with Crippen molar-refractivity contribution in [2.75, 3.05) is 14.1 Å². The average molecular weight is 461 g/mol. The van der Waals surface area contributed by atoms with E-state index in [4.69, 9.17) is 0 Å². The van der Waals surface area contributed by atoms with E-state index in [1.54, 1.807) is 16.8 Å². The van der Waals surface area contributed by atoms with Crippen LogP contribution in [-0.2, 0) is 0 Å². The van der Waals surface area contributed by atoms with Crippen molar-refractivity contribution in [3.8, 4) is 0 Å². The van der Waals surface area contributed by atoms with Crippen molar-refractivity contribution in [1.29, 1.82) is 0 Å². The number of nitrogens with zero attached hydrogens (tertiary/aromatic N) is 2.